The van der Waals surface area contributed by atoms with Crippen LogP contribution in [0.25, 0.3) is 0 Å². The second kappa shape index (κ2) is 8.66. The van der Waals surface area contributed by atoms with E-state index in [1.165, 1.54) is 6.07 Å². The van der Waals surface area contributed by atoms with E-state index in [4.69, 9.17) is 21.1 Å². The largest absolute Gasteiger partial charge is 0.490 e. The molecule has 0 fully saturated rings. The van der Waals surface area contributed by atoms with Crippen LogP contribution in [0.5, 0.6) is 11.5 Å². The Morgan fingerprint density at radius 1 is 1.12 bits per heavy atom. The Balaban J connectivity index is 1.96. The van der Waals surface area contributed by atoms with Crippen LogP contribution in [0.15, 0.2) is 42.5 Å². The summed E-state index contributed by atoms with van der Waals surface area (Å²) in [5.41, 5.74) is -1.45. The number of urea groups is 1. The summed E-state index contributed by atoms with van der Waals surface area (Å²) in [5.74, 6) is 0.895. The van der Waals surface area contributed by atoms with E-state index in [0.717, 1.165) is 12.1 Å². The number of halogens is 4. The molecule has 2 rings (SSSR count). The molecular weight excluding hydrogens is 373 g/mol. The summed E-state index contributed by atoms with van der Waals surface area (Å²) < 4.78 is 49.7. The number of hydrogen-bond donors (Lipinski definition) is 2. The number of ether oxygens (including phenoxy) is 2. The minimum atomic E-state index is -4.65. The van der Waals surface area contributed by atoms with Crippen molar-refractivity contribution in [2.24, 2.45) is 0 Å². The third-order valence-electron chi connectivity index (χ3n) is 3.14. The van der Waals surface area contributed by atoms with Crippen molar-refractivity contribution in [2.75, 3.05) is 18.7 Å². The number of para-hydroxylation sites is 2. The molecule has 2 amide bonds. The van der Waals surface area contributed by atoms with Crippen molar-refractivity contribution in [1.29, 1.82) is 0 Å². The molecule has 0 aromatic heterocycles. The second-order valence-corrected chi connectivity index (χ2v) is 5.42. The summed E-state index contributed by atoms with van der Waals surface area (Å²) in [5, 5.41) is 4.36. The second-order valence-electron chi connectivity index (χ2n) is 4.99. The molecule has 140 valence electrons. The maximum atomic E-state index is 13.0. The van der Waals surface area contributed by atoms with Crippen LogP contribution < -0.4 is 20.1 Å². The molecule has 26 heavy (non-hydrogen) atoms. The first-order valence-electron chi connectivity index (χ1n) is 7.57. The van der Waals surface area contributed by atoms with E-state index in [0.29, 0.717) is 18.1 Å². The topological polar surface area (TPSA) is 59.6 Å². The van der Waals surface area contributed by atoms with Gasteiger partial charge in [0.15, 0.2) is 18.2 Å². The standard InChI is InChI=1S/C17H16ClF3N2O3/c1-2-25-14-5-3-4-6-15(14)26-10-22-16(24)23-13-8-7-11(18)9-12(13)17(19,20)21/h3-9H,2,10H2,1H3,(H2,22,23,24). The summed E-state index contributed by atoms with van der Waals surface area (Å²) >= 11 is 5.59. The highest BCUT2D eigenvalue weighted by atomic mass is 35.5. The summed E-state index contributed by atoms with van der Waals surface area (Å²) in [7, 11) is 0. The first kappa shape index (κ1) is 19.7. The van der Waals surface area contributed by atoms with Gasteiger partial charge in [-0.25, -0.2) is 4.79 Å². The number of rotatable bonds is 6. The highest BCUT2D eigenvalue weighted by Crippen LogP contribution is 2.36. The van der Waals surface area contributed by atoms with Gasteiger partial charge in [0, 0.05) is 5.02 Å². The van der Waals surface area contributed by atoms with E-state index in [1.54, 1.807) is 24.3 Å². The Morgan fingerprint density at radius 3 is 2.38 bits per heavy atom. The molecule has 0 atom stereocenters. The van der Waals surface area contributed by atoms with E-state index < -0.39 is 23.5 Å². The number of anilines is 1. The van der Waals surface area contributed by atoms with Crippen molar-refractivity contribution >= 4 is 23.3 Å². The van der Waals surface area contributed by atoms with Crippen molar-refractivity contribution in [3.63, 3.8) is 0 Å². The van der Waals surface area contributed by atoms with Crippen LogP contribution in [0.3, 0.4) is 0 Å². The fraction of sp³-hybridized carbons (Fsp3) is 0.235. The number of benzene rings is 2. The van der Waals surface area contributed by atoms with Gasteiger partial charge in [0.25, 0.3) is 0 Å². The molecule has 2 aromatic rings. The zero-order valence-electron chi connectivity index (χ0n) is 13.7. The van der Waals surface area contributed by atoms with Gasteiger partial charge in [0.2, 0.25) is 0 Å². The lowest BCUT2D eigenvalue weighted by Crippen LogP contribution is -2.32. The van der Waals surface area contributed by atoms with Crippen LogP contribution >= 0.6 is 11.6 Å². The Hall–Kier alpha value is -2.61. The summed E-state index contributed by atoms with van der Waals surface area (Å²) in [6.07, 6.45) is -4.65. The maximum Gasteiger partial charge on any atom is 0.418 e. The molecule has 9 heteroatoms. The van der Waals surface area contributed by atoms with Crippen LogP contribution in [0.2, 0.25) is 5.02 Å². The maximum absolute atomic E-state index is 13.0. The smallest absolute Gasteiger partial charge is 0.418 e. The molecule has 0 saturated carbocycles. The van der Waals surface area contributed by atoms with Crippen molar-refractivity contribution in [3.8, 4) is 11.5 Å². The number of carbonyl (C=O) groups excluding carboxylic acids is 1. The van der Waals surface area contributed by atoms with E-state index in [-0.39, 0.29) is 11.8 Å². The molecule has 5 nitrogen and oxygen atoms in total. The molecule has 0 aliphatic carbocycles. The first-order valence-corrected chi connectivity index (χ1v) is 7.95. The lowest BCUT2D eigenvalue weighted by Gasteiger charge is -2.15. The van der Waals surface area contributed by atoms with Crippen molar-refractivity contribution in [1.82, 2.24) is 5.32 Å². The zero-order valence-corrected chi connectivity index (χ0v) is 14.4. The third kappa shape index (κ3) is 5.45. The van der Waals surface area contributed by atoms with Gasteiger partial charge in [-0.15, -0.1) is 0 Å². The summed E-state index contributed by atoms with van der Waals surface area (Å²) in [6, 6.07) is 9.04. The van der Waals surface area contributed by atoms with Crippen LogP contribution in [-0.2, 0) is 6.18 Å². The monoisotopic (exact) mass is 388 g/mol. The van der Waals surface area contributed by atoms with Gasteiger partial charge >= 0.3 is 12.2 Å². The number of hydrogen-bond acceptors (Lipinski definition) is 3. The summed E-state index contributed by atoms with van der Waals surface area (Å²) in [6.45, 7) is 1.99. The molecule has 0 radical (unpaired) electrons. The minimum absolute atomic E-state index is 0.0841. The number of alkyl halides is 3. The number of amides is 2. The molecule has 0 aliphatic rings. The van der Waals surface area contributed by atoms with Crippen LogP contribution in [0, 0.1) is 0 Å². The molecule has 0 spiro atoms. The Kier molecular flexibility index (Phi) is 6.57. The Bertz CT molecular complexity index is 769. The molecule has 2 aromatic carbocycles. The molecule has 0 saturated heterocycles. The van der Waals surface area contributed by atoms with E-state index >= 15 is 0 Å². The van der Waals surface area contributed by atoms with Crippen molar-refractivity contribution in [3.05, 3.63) is 53.1 Å². The van der Waals surface area contributed by atoms with Gasteiger partial charge in [-0.3, -0.25) is 0 Å². The average Bonchev–Trinajstić information content (AvgIpc) is 2.57. The fourth-order valence-electron chi connectivity index (χ4n) is 2.05. The van der Waals surface area contributed by atoms with Gasteiger partial charge in [0.05, 0.1) is 17.9 Å². The number of nitrogens with one attached hydrogen (secondary N) is 2. The Labute approximate surface area is 153 Å². The zero-order chi connectivity index (χ0) is 19.2. The highest BCUT2D eigenvalue weighted by molar-refractivity contribution is 6.30. The van der Waals surface area contributed by atoms with Gasteiger partial charge in [-0.2, -0.15) is 13.2 Å². The van der Waals surface area contributed by atoms with Crippen LogP contribution in [0.1, 0.15) is 12.5 Å². The van der Waals surface area contributed by atoms with Crippen LogP contribution in [0.4, 0.5) is 23.7 Å². The van der Waals surface area contributed by atoms with E-state index in [9.17, 15) is 18.0 Å². The third-order valence-corrected chi connectivity index (χ3v) is 3.38. The lowest BCUT2D eigenvalue weighted by atomic mass is 10.1. The predicted octanol–water partition coefficient (Wildman–Crippen LogP) is 4.92. The minimum Gasteiger partial charge on any atom is -0.490 e. The van der Waals surface area contributed by atoms with Gasteiger partial charge in [-0.1, -0.05) is 23.7 Å². The molecule has 2 N–H and O–H groups in total. The van der Waals surface area contributed by atoms with Crippen molar-refractivity contribution < 1.29 is 27.4 Å². The van der Waals surface area contributed by atoms with Crippen LogP contribution in [-0.4, -0.2) is 19.4 Å². The highest BCUT2D eigenvalue weighted by Gasteiger charge is 2.34. The van der Waals surface area contributed by atoms with E-state index in [1.807, 2.05) is 6.92 Å². The summed E-state index contributed by atoms with van der Waals surface area (Å²) in [4.78, 5) is 11.8. The normalized spacial score (nSPS) is 11.0. The van der Waals surface area contributed by atoms with Crippen molar-refractivity contribution in [2.45, 2.75) is 13.1 Å². The lowest BCUT2D eigenvalue weighted by molar-refractivity contribution is -0.136. The number of carbonyl (C=O) groups is 1. The van der Waals surface area contributed by atoms with Gasteiger partial charge < -0.3 is 20.1 Å². The molecule has 0 aliphatic heterocycles. The van der Waals surface area contributed by atoms with Gasteiger partial charge in [-0.05, 0) is 37.3 Å². The first-order chi connectivity index (χ1) is 12.3. The predicted molar refractivity (Wildman–Crippen MR) is 91.7 cm³/mol. The van der Waals surface area contributed by atoms with E-state index in [2.05, 4.69) is 10.6 Å². The quantitative estimate of drug-likeness (QED) is 0.691. The average molecular weight is 389 g/mol. The fourth-order valence-corrected chi connectivity index (χ4v) is 2.22. The molecular formula is C17H16ClF3N2O3. The Morgan fingerprint density at radius 2 is 1.77 bits per heavy atom. The molecule has 0 bridgehead atoms. The molecule has 0 heterocycles. The van der Waals surface area contributed by atoms with Gasteiger partial charge in [0.1, 0.15) is 0 Å². The SMILES string of the molecule is CCOc1ccccc1OCNC(=O)Nc1ccc(Cl)cc1C(F)(F)F. The molecule has 0 unspecified atom stereocenters.